The number of ether oxygens (including phenoxy) is 1. The first-order chi connectivity index (χ1) is 16.0. The van der Waals surface area contributed by atoms with Crippen molar-refractivity contribution in [1.82, 2.24) is 9.99 Å². The Hall–Kier alpha value is -3.30. The van der Waals surface area contributed by atoms with Crippen molar-refractivity contribution < 1.29 is 17.9 Å². The summed E-state index contributed by atoms with van der Waals surface area (Å²) in [4.78, 5) is 12.5. The number of nitrogens with one attached hydrogen (secondary N) is 1. The molecule has 0 aliphatic carbocycles. The van der Waals surface area contributed by atoms with Gasteiger partial charge in [0.1, 0.15) is 12.3 Å². The van der Waals surface area contributed by atoms with Gasteiger partial charge in [-0.05, 0) is 56.7 Å². The van der Waals surface area contributed by atoms with Crippen LogP contribution in [0.5, 0.6) is 5.75 Å². The van der Waals surface area contributed by atoms with E-state index in [0.717, 1.165) is 38.8 Å². The van der Waals surface area contributed by atoms with Crippen LogP contribution in [0.3, 0.4) is 0 Å². The fourth-order valence-corrected chi connectivity index (χ4v) is 4.75. The molecule has 3 rings (SSSR count). The number of aromatic nitrogens is 1. The van der Waals surface area contributed by atoms with Gasteiger partial charge in [0, 0.05) is 22.6 Å². The molecule has 3 aromatic rings. The Kier molecular flexibility index (Phi) is 7.68. The van der Waals surface area contributed by atoms with E-state index in [4.69, 9.17) is 16.3 Å². The first kappa shape index (κ1) is 25.3. The monoisotopic (exact) mass is 502 g/mol. The van der Waals surface area contributed by atoms with E-state index >= 15 is 0 Å². The van der Waals surface area contributed by atoms with E-state index in [2.05, 4.69) is 15.1 Å². The Balaban J connectivity index is 1.76. The van der Waals surface area contributed by atoms with Crippen molar-refractivity contribution in [2.24, 2.45) is 5.10 Å². The molecule has 1 heterocycles. The van der Waals surface area contributed by atoms with E-state index in [1.54, 1.807) is 6.21 Å². The van der Waals surface area contributed by atoms with Gasteiger partial charge in [-0.3, -0.25) is 9.10 Å². The predicted octanol–water partition coefficient (Wildman–Crippen LogP) is 3.98. The van der Waals surface area contributed by atoms with Crippen molar-refractivity contribution in [3.63, 3.8) is 0 Å². The molecular formula is C24H27ClN4O4S. The van der Waals surface area contributed by atoms with Crippen molar-refractivity contribution in [3.8, 4) is 11.4 Å². The summed E-state index contributed by atoms with van der Waals surface area (Å²) in [5.41, 5.74) is 7.69. The topological polar surface area (TPSA) is 93.0 Å². The van der Waals surface area contributed by atoms with Crippen LogP contribution in [0.4, 0.5) is 5.69 Å². The Labute approximate surface area is 204 Å². The standard InChI is InChI=1S/C24H27ClN4O4S/c1-16-8-6-7-9-22(16)29-17(2)12-19(18(29)3)14-26-27-24(30)15-28(34(5,31)32)20-10-11-23(33-4)21(25)13-20/h6-14H,15H2,1-5H3,(H,27,30)/b26-14-. The third kappa shape index (κ3) is 5.60. The molecule has 34 heavy (non-hydrogen) atoms. The number of carbonyl (C=O) groups is 1. The zero-order valence-corrected chi connectivity index (χ0v) is 21.2. The van der Waals surface area contributed by atoms with Crippen LogP contribution < -0.4 is 14.5 Å². The summed E-state index contributed by atoms with van der Waals surface area (Å²) in [6.07, 6.45) is 2.56. The van der Waals surface area contributed by atoms with Crippen LogP contribution >= 0.6 is 11.6 Å². The third-order valence-corrected chi connectivity index (χ3v) is 6.77. The zero-order chi connectivity index (χ0) is 25.0. The van der Waals surface area contributed by atoms with E-state index in [1.807, 2.05) is 51.1 Å². The average molecular weight is 503 g/mol. The largest absolute Gasteiger partial charge is 0.495 e. The number of hydrazone groups is 1. The summed E-state index contributed by atoms with van der Waals surface area (Å²) in [6, 6.07) is 14.5. The second-order valence-corrected chi connectivity index (χ2v) is 10.1. The van der Waals surface area contributed by atoms with Crippen LogP contribution in [-0.2, 0) is 14.8 Å². The van der Waals surface area contributed by atoms with Gasteiger partial charge in [-0.15, -0.1) is 0 Å². The summed E-state index contributed by atoms with van der Waals surface area (Å²) in [5, 5.41) is 4.27. The maximum atomic E-state index is 12.5. The highest BCUT2D eigenvalue weighted by atomic mass is 35.5. The molecule has 0 saturated carbocycles. The molecule has 0 saturated heterocycles. The number of nitrogens with zero attached hydrogens (tertiary/aromatic N) is 3. The van der Waals surface area contributed by atoms with Crippen molar-refractivity contribution in [1.29, 1.82) is 0 Å². The number of anilines is 1. The maximum Gasteiger partial charge on any atom is 0.260 e. The summed E-state index contributed by atoms with van der Waals surface area (Å²) in [7, 11) is -2.30. The lowest BCUT2D eigenvalue weighted by Crippen LogP contribution is -2.39. The average Bonchev–Trinajstić information content (AvgIpc) is 3.04. The fraction of sp³-hybridized carbons (Fsp3) is 0.250. The Bertz CT molecular complexity index is 1350. The molecule has 0 spiro atoms. The molecule has 2 aromatic carbocycles. The van der Waals surface area contributed by atoms with Crippen molar-refractivity contribution >= 4 is 39.4 Å². The van der Waals surface area contributed by atoms with Crippen LogP contribution in [0.25, 0.3) is 5.69 Å². The van der Waals surface area contributed by atoms with E-state index < -0.39 is 22.5 Å². The normalized spacial score (nSPS) is 11.6. The Morgan fingerprint density at radius 2 is 1.88 bits per heavy atom. The zero-order valence-electron chi connectivity index (χ0n) is 19.7. The number of amides is 1. The first-order valence-corrected chi connectivity index (χ1v) is 12.6. The van der Waals surface area contributed by atoms with Gasteiger partial charge in [0.05, 0.1) is 30.3 Å². The first-order valence-electron chi connectivity index (χ1n) is 10.4. The Morgan fingerprint density at radius 1 is 1.18 bits per heavy atom. The van der Waals surface area contributed by atoms with Gasteiger partial charge in [-0.2, -0.15) is 5.10 Å². The lowest BCUT2D eigenvalue weighted by Gasteiger charge is -2.22. The molecule has 180 valence electrons. The lowest BCUT2D eigenvalue weighted by atomic mass is 10.2. The van der Waals surface area contributed by atoms with Crippen LogP contribution in [0.2, 0.25) is 5.02 Å². The SMILES string of the molecule is COc1ccc(N(CC(=O)N/N=C\c2cc(C)n(-c3ccccc3C)c2C)S(C)(=O)=O)cc1Cl. The molecule has 1 N–H and O–H groups in total. The van der Waals surface area contributed by atoms with Gasteiger partial charge in [0.25, 0.3) is 5.91 Å². The minimum Gasteiger partial charge on any atom is -0.495 e. The van der Waals surface area contributed by atoms with Gasteiger partial charge in [-0.1, -0.05) is 29.8 Å². The second kappa shape index (κ2) is 10.3. The molecule has 0 unspecified atom stereocenters. The van der Waals surface area contributed by atoms with Crippen molar-refractivity contribution in [3.05, 3.63) is 76.1 Å². The Morgan fingerprint density at radius 3 is 2.50 bits per heavy atom. The number of carbonyl (C=O) groups excluding carboxylic acids is 1. The van der Waals surface area contributed by atoms with Crippen molar-refractivity contribution in [2.45, 2.75) is 20.8 Å². The quantitative estimate of drug-likeness (QED) is 0.372. The number of hydrogen-bond donors (Lipinski definition) is 1. The van der Waals surface area contributed by atoms with E-state index in [1.165, 1.54) is 25.3 Å². The van der Waals surface area contributed by atoms with Crippen LogP contribution in [0, 0.1) is 20.8 Å². The number of aryl methyl sites for hydroxylation is 2. The number of hydrogen-bond acceptors (Lipinski definition) is 5. The predicted molar refractivity (Wildman–Crippen MR) is 136 cm³/mol. The summed E-state index contributed by atoms with van der Waals surface area (Å²) < 4.78 is 32.8. The molecule has 10 heteroatoms. The van der Waals surface area contributed by atoms with Gasteiger partial charge >= 0.3 is 0 Å². The second-order valence-electron chi connectivity index (χ2n) is 7.83. The minimum atomic E-state index is -3.75. The summed E-state index contributed by atoms with van der Waals surface area (Å²) >= 11 is 6.12. The van der Waals surface area contributed by atoms with E-state index in [0.29, 0.717) is 5.75 Å². The van der Waals surface area contributed by atoms with Gasteiger partial charge in [-0.25, -0.2) is 13.8 Å². The molecule has 0 bridgehead atoms. The highest BCUT2D eigenvalue weighted by Crippen LogP contribution is 2.30. The van der Waals surface area contributed by atoms with Gasteiger partial charge < -0.3 is 9.30 Å². The molecule has 0 fully saturated rings. The maximum absolute atomic E-state index is 12.5. The molecule has 0 atom stereocenters. The number of halogens is 1. The lowest BCUT2D eigenvalue weighted by molar-refractivity contribution is -0.119. The summed E-state index contributed by atoms with van der Waals surface area (Å²) in [6.45, 7) is 5.56. The molecule has 0 radical (unpaired) electrons. The molecule has 0 aliphatic rings. The van der Waals surface area contributed by atoms with E-state index in [-0.39, 0.29) is 10.7 Å². The number of sulfonamides is 1. The fourth-order valence-electron chi connectivity index (χ4n) is 3.65. The molecule has 1 aromatic heterocycles. The van der Waals surface area contributed by atoms with E-state index in [9.17, 15) is 13.2 Å². The molecule has 1 amide bonds. The number of para-hydroxylation sites is 1. The third-order valence-electron chi connectivity index (χ3n) is 5.33. The molecule has 8 nitrogen and oxygen atoms in total. The van der Waals surface area contributed by atoms with Crippen LogP contribution in [0.1, 0.15) is 22.5 Å². The molecular weight excluding hydrogens is 476 g/mol. The highest BCUT2D eigenvalue weighted by Gasteiger charge is 2.22. The van der Waals surface area contributed by atoms with Gasteiger partial charge in [0.2, 0.25) is 10.0 Å². The number of methoxy groups -OCH3 is 1. The van der Waals surface area contributed by atoms with Crippen LogP contribution in [0.15, 0.2) is 53.6 Å². The van der Waals surface area contributed by atoms with Crippen molar-refractivity contribution in [2.75, 3.05) is 24.2 Å². The van der Waals surface area contributed by atoms with Crippen LogP contribution in [-0.4, -0.2) is 45.0 Å². The molecule has 0 aliphatic heterocycles. The highest BCUT2D eigenvalue weighted by molar-refractivity contribution is 7.92. The number of rotatable bonds is 8. The minimum absolute atomic E-state index is 0.232. The van der Waals surface area contributed by atoms with Gasteiger partial charge in [0.15, 0.2) is 0 Å². The smallest absolute Gasteiger partial charge is 0.260 e. The number of benzene rings is 2. The summed E-state index contributed by atoms with van der Waals surface area (Å²) in [5.74, 6) is -0.197.